The van der Waals surface area contributed by atoms with Gasteiger partial charge in [-0.3, -0.25) is 0 Å². The maximum absolute atomic E-state index is 12.9. The number of allylic oxidation sites excluding steroid dienone is 5. The Bertz CT molecular complexity index is 254. The lowest BCUT2D eigenvalue weighted by Gasteiger charge is -2.03. The second kappa shape index (κ2) is 6.29. The smallest absolute Gasteiger partial charge is 0.387 e. The van der Waals surface area contributed by atoms with Gasteiger partial charge in [0.25, 0.3) is 0 Å². The van der Waals surface area contributed by atoms with Gasteiger partial charge < -0.3 is 4.74 Å². The highest BCUT2D eigenvalue weighted by Crippen LogP contribution is 2.13. The molecule has 4 heteroatoms. The van der Waals surface area contributed by atoms with Gasteiger partial charge in [-0.15, -0.1) is 0 Å². The summed E-state index contributed by atoms with van der Waals surface area (Å²) in [6.45, 7) is 3.60. The van der Waals surface area contributed by atoms with Gasteiger partial charge >= 0.3 is 6.61 Å². The summed E-state index contributed by atoms with van der Waals surface area (Å²) in [5.74, 6) is -1.25. The summed E-state index contributed by atoms with van der Waals surface area (Å²) in [5, 5.41) is 0. The Morgan fingerprint density at radius 3 is 2.43 bits per heavy atom. The highest BCUT2D eigenvalue weighted by atomic mass is 19.3. The van der Waals surface area contributed by atoms with E-state index >= 15 is 0 Å². The largest absolute Gasteiger partial charge is 0.437 e. The molecule has 1 nitrogen and oxygen atoms in total. The lowest BCUT2D eigenvalue weighted by molar-refractivity contribution is -0.0972. The van der Waals surface area contributed by atoms with Crippen LogP contribution in [0.15, 0.2) is 35.9 Å². The molecule has 0 saturated heterocycles. The fourth-order valence-corrected chi connectivity index (χ4v) is 0.616. The van der Waals surface area contributed by atoms with E-state index in [1.54, 1.807) is 0 Å². The molecule has 0 radical (unpaired) electrons. The maximum atomic E-state index is 12.9. The standard InChI is InChI=1S/C10H13F3O/c1-4-7(2)5-6-9(11)8(3)14-10(12)13/h5-6,10H,2,4H2,1,3H3/b6-5-,9-8-. The molecule has 0 aliphatic rings. The van der Waals surface area contributed by atoms with Gasteiger partial charge in [0.2, 0.25) is 0 Å². The van der Waals surface area contributed by atoms with Crippen molar-refractivity contribution < 1.29 is 17.9 Å². The van der Waals surface area contributed by atoms with E-state index in [2.05, 4.69) is 11.3 Å². The summed E-state index contributed by atoms with van der Waals surface area (Å²) in [5.41, 5.74) is 0.713. The first kappa shape index (κ1) is 12.8. The van der Waals surface area contributed by atoms with Crippen LogP contribution >= 0.6 is 0 Å². The van der Waals surface area contributed by atoms with Crippen molar-refractivity contribution in [2.24, 2.45) is 0 Å². The van der Waals surface area contributed by atoms with Gasteiger partial charge in [0.05, 0.1) is 0 Å². The van der Waals surface area contributed by atoms with Crippen molar-refractivity contribution in [2.45, 2.75) is 26.9 Å². The Morgan fingerprint density at radius 1 is 1.43 bits per heavy atom. The molecule has 0 N–H and O–H groups in total. The van der Waals surface area contributed by atoms with Crippen LogP contribution in [0.25, 0.3) is 0 Å². The molecule has 0 amide bonds. The van der Waals surface area contributed by atoms with Gasteiger partial charge in [0.15, 0.2) is 5.83 Å². The van der Waals surface area contributed by atoms with E-state index in [0.29, 0.717) is 12.0 Å². The lowest BCUT2D eigenvalue weighted by atomic mass is 10.2. The Kier molecular flexibility index (Phi) is 5.76. The van der Waals surface area contributed by atoms with Crippen LogP contribution in [0, 0.1) is 0 Å². The zero-order valence-corrected chi connectivity index (χ0v) is 8.19. The summed E-state index contributed by atoms with van der Waals surface area (Å²) in [7, 11) is 0. The molecule has 0 aliphatic carbocycles. The van der Waals surface area contributed by atoms with Gasteiger partial charge in [-0.25, -0.2) is 4.39 Å². The van der Waals surface area contributed by atoms with Gasteiger partial charge in [-0.2, -0.15) is 8.78 Å². The molecule has 0 atom stereocenters. The third kappa shape index (κ3) is 5.45. The molecule has 0 fully saturated rings. The number of ether oxygens (including phenoxy) is 1. The molecule has 0 spiro atoms. The molecule has 14 heavy (non-hydrogen) atoms. The Balaban J connectivity index is 4.36. The Morgan fingerprint density at radius 2 is 2.00 bits per heavy atom. The molecule has 0 aliphatic heterocycles. The van der Waals surface area contributed by atoms with Crippen molar-refractivity contribution in [3.63, 3.8) is 0 Å². The summed E-state index contributed by atoms with van der Waals surface area (Å²) < 4.78 is 40.1. The molecular weight excluding hydrogens is 193 g/mol. The van der Waals surface area contributed by atoms with Crippen LogP contribution in [0.1, 0.15) is 20.3 Å². The SMILES string of the molecule is C=C(/C=C\C(F)=C(/C)OC(F)F)CC. The number of alkyl halides is 2. The van der Waals surface area contributed by atoms with E-state index in [1.807, 2.05) is 6.92 Å². The van der Waals surface area contributed by atoms with E-state index in [9.17, 15) is 13.2 Å². The average molecular weight is 206 g/mol. The Hall–Kier alpha value is -1.19. The minimum Gasteiger partial charge on any atom is -0.437 e. The van der Waals surface area contributed by atoms with E-state index in [1.165, 1.54) is 6.08 Å². The highest BCUT2D eigenvalue weighted by Gasteiger charge is 2.06. The van der Waals surface area contributed by atoms with Crippen molar-refractivity contribution in [2.75, 3.05) is 0 Å². The fraction of sp³-hybridized carbons (Fsp3) is 0.400. The van der Waals surface area contributed by atoms with E-state index < -0.39 is 18.2 Å². The second-order valence-electron chi connectivity index (χ2n) is 2.63. The molecule has 0 aromatic carbocycles. The number of rotatable bonds is 5. The summed E-state index contributed by atoms with van der Waals surface area (Å²) in [4.78, 5) is 0. The normalized spacial score (nSPS) is 13.3. The molecule has 80 valence electrons. The molecular formula is C10H13F3O. The van der Waals surface area contributed by atoms with Crippen molar-refractivity contribution in [1.29, 1.82) is 0 Å². The highest BCUT2D eigenvalue weighted by molar-refractivity contribution is 5.23. The van der Waals surface area contributed by atoms with E-state index in [4.69, 9.17) is 0 Å². The maximum Gasteiger partial charge on any atom is 0.387 e. The first-order valence-corrected chi connectivity index (χ1v) is 4.14. The average Bonchev–Trinajstić information content (AvgIpc) is 2.12. The van der Waals surface area contributed by atoms with E-state index in [0.717, 1.165) is 13.0 Å². The second-order valence-corrected chi connectivity index (χ2v) is 2.63. The third-order valence-corrected chi connectivity index (χ3v) is 1.52. The topological polar surface area (TPSA) is 9.23 Å². The summed E-state index contributed by atoms with van der Waals surface area (Å²) in [6, 6.07) is 0. The zero-order chi connectivity index (χ0) is 11.1. The first-order chi connectivity index (χ1) is 6.47. The van der Waals surface area contributed by atoms with Crippen LogP contribution in [0.5, 0.6) is 0 Å². The molecule has 0 aromatic heterocycles. The quantitative estimate of drug-likeness (QED) is 0.489. The molecule has 0 bridgehead atoms. The Labute approximate surface area is 81.6 Å². The predicted molar refractivity (Wildman–Crippen MR) is 49.5 cm³/mol. The van der Waals surface area contributed by atoms with Crippen LogP contribution < -0.4 is 0 Å². The van der Waals surface area contributed by atoms with Gasteiger partial charge in [0.1, 0.15) is 5.76 Å². The third-order valence-electron chi connectivity index (χ3n) is 1.52. The first-order valence-electron chi connectivity index (χ1n) is 4.14. The molecule has 0 unspecified atom stereocenters. The van der Waals surface area contributed by atoms with Crippen LogP contribution in [0.2, 0.25) is 0 Å². The zero-order valence-electron chi connectivity index (χ0n) is 8.19. The monoisotopic (exact) mass is 206 g/mol. The molecule has 0 heterocycles. The van der Waals surface area contributed by atoms with Crippen LogP contribution in [-0.4, -0.2) is 6.61 Å². The van der Waals surface area contributed by atoms with Crippen LogP contribution in [0.3, 0.4) is 0 Å². The molecule has 0 saturated carbocycles. The summed E-state index contributed by atoms with van der Waals surface area (Å²) >= 11 is 0. The molecule has 0 aromatic rings. The van der Waals surface area contributed by atoms with E-state index in [-0.39, 0.29) is 0 Å². The van der Waals surface area contributed by atoms with Crippen molar-refractivity contribution in [3.05, 3.63) is 35.9 Å². The minimum absolute atomic E-state index is 0.430. The lowest BCUT2D eigenvalue weighted by Crippen LogP contribution is -1.97. The number of halogens is 3. The minimum atomic E-state index is -3.00. The molecule has 0 rings (SSSR count). The van der Waals surface area contributed by atoms with Crippen molar-refractivity contribution in [1.82, 2.24) is 0 Å². The van der Waals surface area contributed by atoms with Crippen molar-refractivity contribution >= 4 is 0 Å². The van der Waals surface area contributed by atoms with Crippen molar-refractivity contribution in [3.8, 4) is 0 Å². The van der Waals surface area contributed by atoms with Crippen LogP contribution in [0.4, 0.5) is 13.2 Å². The fourth-order valence-electron chi connectivity index (χ4n) is 0.616. The van der Waals surface area contributed by atoms with Gasteiger partial charge in [-0.05, 0) is 19.4 Å². The van der Waals surface area contributed by atoms with Gasteiger partial charge in [0, 0.05) is 0 Å². The number of hydrogen-bond acceptors (Lipinski definition) is 1. The van der Waals surface area contributed by atoms with Gasteiger partial charge in [-0.1, -0.05) is 25.2 Å². The van der Waals surface area contributed by atoms with Crippen LogP contribution in [-0.2, 0) is 4.74 Å². The predicted octanol–water partition coefficient (Wildman–Crippen LogP) is 3.95. The number of hydrogen-bond donors (Lipinski definition) is 0. The summed E-state index contributed by atoms with van der Waals surface area (Å²) in [6.07, 6.45) is 3.16.